The molecule has 0 aliphatic carbocycles. The molecule has 7 nitrogen and oxygen atoms in total. The Morgan fingerprint density at radius 1 is 1.30 bits per heavy atom. The van der Waals surface area contributed by atoms with Crippen LogP contribution in [0.5, 0.6) is 0 Å². The molecule has 2 atom stereocenters. The summed E-state index contributed by atoms with van der Waals surface area (Å²) in [5.74, 6) is -0.443. The summed E-state index contributed by atoms with van der Waals surface area (Å²) < 4.78 is 17.9. The average Bonchev–Trinajstić information content (AvgIpc) is 2.35. The monoisotopic (exact) mass is 341 g/mol. The molecule has 1 aliphatic rings. The van der Waals surface area contributed by atoms with Gasteiger partial charge in [-0.1, -0.05) is 53.2 Å². The molecule has 130 valence electrons. The van der Waals surface area contributed by atoms with Crippen LogP contribution >= 0.6 is 0 Å². The molecule has 0 bridgehead atoms. The van der Waals surface area contributed by atoms with Gasteiger partial charge in [0.2, 0.25) is 0 Å². The van der Waals surface area contributed by atoms with Gasteiger partial charge in [-0.2, -0.15) is 0 Å². The van der Waals surface area contributed by atoms with E-state index in [1.807, 2.05) is 0 Å². The first kappa shape index (κ1) is 19.7. The summed E-state index contributed by atoms with van der Waals surface area (Å²) in [5, 5.41) is 3.10. The molecular weight excluding hydrogens is 314 g/mol. The summed E-state index contributed by atoms with van der Waals surface area (Å²) in [5.41, 5.74) is 8.90. The summed E-state index contributed by atoms with van der Waals surface area (Å²) in [4.78, 5) is 14.1. The van der Waals surface area contributed by atoms with E-state index in [0.29, 0.717) is 0 Å². The number of esters is 1. The van der Waals surface area contributed by atoms with Crippen LogP contribution in [0.4, 0.5) is 0 Å². The number of nitrogens with zero attached hydrogens (tertiary/aromatic N) is 3. The van der Waals surface area contributed by atoms with Gasteiger partial charge in [0.25, 0.3) is 0 Å². The van der Waals surface area contributed by atoms with Gasteiger partial charge >= 0.3 is 14.5 Å². The Bertz CT molecular complexity index is 516. The van der Waals surface area contributed by atoms with Crippen LogP contribution in [0.3, 0.4) is 0 Å². The summed E-state index contributed by atoms with van der Waals surface area (Å²) in [6.07, 6.45) is -1.37. The van der Waals surface area contributed by atoms with Crippen molar-refractivity contribution in [1.29, 1.82) is 0 Å². The van der Waals surface area contributed by atoms with Crippen molar-refractivity contribution < 1.29 is 18.4 Å². The largest absolute Gasteiger partial charge is 0.457 e. The molecule has 0 radical (unpaired) electrons. The summed E-state index contributed by atoms with van der Waals surface area (Å²) in [7, 11) is -2.77. The zero-order valence-corrected chi connectivity index (χ0v) is 16.0. The number of rotatable bonds is 3. The standard InChI is InChI=1S/C15H27N3O4Si/c1-10(17-18-16)13-12(21-11(2)19)9-20-23(22-13,14(3,4)5)15(6,7)8/h12-13H,1,9H2,2-8H3/t12-,13+/m0/s1. The van der Waals surface area contributed by atoms with Gasteiger partial charge in [-0.15, -0.1) is 0 Å². The van der Waals surface area contributed by atoms with Crippen molar-refractivity contribution >= 4 is 14.5 Å². The molecule has 1 rings (SSSR count). The predicted octanol–water partition coefficient (Wildman–Crippen LogP) is 4.20. The fourth-order valence-electron chi connectivity index (χ4n) is 3.19. The molecule has 8 heteroatoms. The van der Waals surface area contributed by atoms with Gasteiger partial charge < -0.3 is 13.6 Å². The molecule has 0 aromatic carbocycles. The quantitative estimate of drug-likeness (QED) is 0.253. The van der Waals surface area contributed by atoms with E-state index in [1.165, 1.54) is 6.92 Å². The van der Waals surface area contributed by atoms with Crippen molar-refractivity contribution in [2.45, 2.75) is 70.8 Å². The van der Waals surface area contributed by atoms with Crippen molar-refractivity contribution in [2.75, 3.05) is 6.61 Å². The van der Waals surface area contributed by atoms with Crippen LogP contribution in [-0.2, 0) is 18.4 Å². The maximum absolute atomic E-state index is 11.3. The lowest BCUT2D eigenvalue weighted by molar-refractivity contribution is -0.159. The van der Waals surface area contributed by atoms with E-state index in [2.05, 4.69) is 58.1 Å². The van der Waals surface area contributed by atoms with E-state index in [9.17, 15) is 4.79 Å². The van der Waals surface area contributed by atoms with Crippen LogP contribution in [0.25, 0.3) is 10.4 Å². The third-order valence-corrected chi connectivity index (χ3v) is 8.98. The molecule has 1 aliphatic heterocycles. The molecule has 0 aromatic rings. The fourth-order valence-corrected chi connectivity index (χ4v) is 8.13. The molecule has 0 amide bonds. The van der Waals surface area contributed by atoms with Gasteiger partial charge in [0.05, 0.1) is 6.61 Å². The van der Waals surface area contributed by atoms with E-state index in [0.717, 1.165) is 0 Å². The third kappa shape index (κ3) is 3.95. The predicted molar refractivity (Wildman–Crippen MR) is 89.8 cm³/mol. The minimum Gasteiger partial charge on any atom is -0.457 e. The number of carbonyl (C=O) groups excluding carboxylic acids is 1. The van der Waals surface area contributed by atoms with Crippen LogP contribution in [0, 0.1) is 0 Å². The molecule has 23 heavy (non-hydrogen) atoms. The van der Waals surface area contributed by atoms with Crippen LogP contribution in [-0.4, -0.2) is 33.3 Å². The van der Waals surface area contributed by atoms with Gasteiger partial charge in [-0.3, -0.25) is 4.79 Å². The summed E-state index contributed by atoms with van der Waals surface area (Å²) >= 11 is 0. The molecule has 1 saturated heterocycles. The van der Waals surface area contributed by atoms with Crippen LogP contribution in [0.2, 0.25) is 10.1 Å². The first-order chi connectivity index (χ1) is 10.4. The van der Waals surface area contributed by atoms with Gasteiger partial charge in [-0.05, 0) is 5.53 Å². The number of carbonyl (C=O) groups is 1. The fraction of sp³-hybridized carbons (Fsp3) is 0.800. The third-order valence-electron chi connectivity index (χ3n) is 3.88. The average molecular weight is 341 g/mol. The lowest BCUT2D eigenvalue weighted by Crippen LogP contribution is -2.65. The highest BCUT2D eigenvalue weighted by molar-refractivity contribution is 6.73. The Morgan fingerprint density at radius 2 is 1.83 bits per heavy atom. The minimum absolute atomic E-state index is 0.199. The Morgan fingerprint density at radius 3 is 2.22 bits per heavy atom. The molecule has 1 fully saturated rings. The van der Waals surface area contributed by atoms with Crippen LogP contribution < -0.4 is 0 Å². The highest BCUT2D eigenvalue weighted by Gasteiger charge is 2.62. The molecule has 1 heterocycles. The zero-order valence-electron chi connectivity index (χ0n) is 15.0. The molecule has 0 unspecified atom stereocenters. The minimum atomic E-state index is -2.77. The molecular formula is C15H27N3O4Si. The van der Waals surface area contributed by atoms with Crippen molar-refractivity contribution in [2.24, 2.45) is 5.11 Å². The number of azide groups is 1. The van der Waals surface area contributed by atoms with Gasteiger partial charge in [0, 0.05) is 27.6 Å². The maximum atomic E-state index is 11.3. The Labute approximate surface area is 138 Å². The van der Waals surface area contributed by atoms with E-state index in [1.54, 1.807) is 0 Å². The topological polar surface area (TPSA) is 93.5 Å². The molecule has 0 aromatic heterocycles. The van der Waals surface area contributed by atoms with Crippen molar-refractivity contribution in [3.8, 4) is 0 Å². The van der Waals surface area contributed by atoms with Crippen molar-refractivity contribution in [3.63, 3.8) is 0 Å². The van der Waals surface area contributed by atoms with Crippen LogP contribution in [0.15, 0.2) is 17.4 Å². The van der Waals surface area contributed by atoms with Gasteiger partial charge in [-0.25, -0.2) is 0 Å². The zero-order chi connectivity index (χ0) is 18.1. The number of hydrogen-bond acceptors (Lipinski definition) is 5. The van der Waals surface area contributed by atoms with E-state index >= 15 is 0 Å². The lowest BCUT2D eigenvalue weighted by atomic mass is 10.1. The Hall–Kier alpha value is -1.34. The van der Waals surface area contributed by atoms with Gasteiger partial charge in [0.1, 0.15) is 6.10 Å². The lowest BCUT2D eigenvalue weighted by Gasteiger charge is -2.54. The Balaban J connectivity index is 3.30. The second kappa shape index (κ2) is 6.65. The smallest absolute Gasteiger partial charge is 0.350 e. The van der Waals surface area contributed by atoms with Crippen molar-refractivity contribution in [1.82, 2.24) is 0 Å². The second-order valence-corrected chi connectivity index (χ2v) is 12.6. The maximum Gasteiger partial charge on any atom is 0.350 e. The SMILES string of the molecule is C=C(N=[N+]=[N-])[C@H]1O[Si](C(C)(C)C)(C(C)(C)C)OC[C@@H]1OC(C)=O. The molecule has 0 spiro atoms. The van der Waals surface area contributed by atoms with E-state index in [4.69, 9.17) is 19.1 Å². The molecule has 0 saturated carbocycles. The van der Waals surface area contributed by atoms with E-state index < -0.39 is 26.7 Å². The summed E-state index contributed by atoms with van der Waals surface area (Å²) in [6, 6.07) is 0. The first-order valence-corrected chi connectivity index (χ1v) is 9.40. The van der Waals surface area contributed by atoms with E-state index in [-0.39, 0.29) is 22.4 Å². The van der Waals surface area contributed by atoms with Crippen LogP contribution in [0.1, 0.15) is 48.5 Å². The number of hydrogen-bond donors (Lipinski definition) is 0. The molecule has 0 N–H and O–H groups in total. The Kier molecular flexibility index (Phi) is 5.69. The van der Waals surface area contributed by atoms with Crippen molar-refractivity contribution in [3.05, 3.63) is 22.7 Å². The highest BCUT2D eigenvalue weighted by Crippen LogP contribution is 2.54. The normalized spacial score (nSPS) is 24.5. The summed E-state index contributed by atoms with van der Waals surface area (Å²) in [6.45, 7) is 17.7. The van der Waals surface area contributed by atoms with Gasteiger partial charge in [0.15, 0.2) is 6.10 Å². The number of ether oxygens (including phenoxy) is 1. The highest BCUT2D eigenvalue weighted by atomic mass is 28.4. The second-order valence-electron chi connectivity index (χ2n) is 7.79. The first-order valence-electron chi connectivity index (χ1n) is 7.58.